The van der Waals surface area contributed by atoms with Gasteiger partial charge in [-0.25, -0.2) is 0 Å². The summed E-state index contributed by atoms with van der Waals surface area (Å²) in [6.07, 6.45) is 4.02. The highest BCUT2D eigenvalue weighted by atomic mass is 35.5. The number of nitrogens with zero attached hydrogens (tertiary/aromatic N) is 2. The van der Waals surface area contributed by atoms with Gasteiger partial charge in [-0.2, -0.15) is 5.26 Å². The summed E-state index contributed by atoms with van der Waals surface area (Å²) in [6, 6.07) is 13.3. The smallest absolute Gasteiger partial charge is 0.119 e. The van der Waals surface area contributed by atoms with Crippen molar-refractivity contribution in [3.05, 3.63) is 59.4 Å². The van der Waals surface area contributed by atoms with Gasteiger partial charge in [-0.3, -0.25) is 4.98 Å². The summed E-state index contributed by atoms with van der Waals surface area (Å²) in [5, 5.41) is 10.1. The second-order valence-corrected chi connectivity index (χ2v) is 5.17. The standard InChI is InChI=1S/C16H15ClN2O/c1-16(12-18,13-3-2-9-19-11-13)8-10-20-15-6-4-14(17)5-7-15/h2-7,9,11H,8,10H2,1H3. The molecule has 0 radical (unpaired) electrons. The second kappa shape index (κ2) is 6.40. The van der Waals surface area contributed by atoms with Crippen LogP contribution >= 0.6 is 11.6 Å². The Morgan fingerprint density at radius 3 is 2.65 bits per heavy atom. The van der Waals surface area contributed by atoms with Gasteiger partial charge in [0.05, 0.1) is 18.1 Å². The molecule has 0 aliphatic rings. The molecule has 0 N–H and O–H groups in total. The number of hydrogen-bond acceptors (Lipinski definition) is 3. The molecule has 3 nitrogen and oxygen atoms in total. The molecule has 0 amide bonds. The van der Waals surface area contributed by atoms with E-state index in [2.05, 4.69) is 11.1 Å². The van der Waals surface area contributed by atoms with Gasteiger partial charge in [0.15, 0.2) is 0 Å². The number of halogens is 1. The molecule has 1 aromatic heterocycles. The number of pyridine rings is 1. The van der Waals surface area contributed by atoms with E-state index in [1.54, 1.807) is 24.5 Å². The molecule has 102 valence electrons. The molecule has 2 aromatic rings. The molecule has 1 aromatic carbocycles. The van der Waals surface area contributed by atoms with Crippen molar-refractivity contribution >= 4 is 11.6 Å². The van der Waals surface area contributed by atoms with Crippen LogP contribution in [0.4, 0.5) is 0 Å². The number of rotatable bonds is 5. The van der Waals surface area contributed by atoms with Crippen LogP contribution in [0.25, 0.3) is 0 Å². The molecule has 0 fully saturated rings. The Kier molecular flexibility index (Phi) is 4.60. The predicted molar refractivity (Wildman–Crippen MR) is 78.8 cm³/mol. The van der Waals surface area contributed by atoms with Crippen molar-refractivity contribution in [2.45, 2.75) is 18.8 Å². The zero-order valence-electron chi connectivity index (χ0n) is 11.2. The zero-order valence-corrected chi connectivity index (χ0v) is 12.0. The van der Waals surface area contributed by atoms with Crippen LogP contribution in [0.3, 0.4) is 0 Å². The number of aromatic nitrogens is 1. The molecule has 0 bridgehead atoms. The summed E-state index contributed by atoms with van der Waals surface area (Å²) in [6.45, 7) is 2.36. The van der Waals surface area contributed by atoms with Crippen LogP contribution < -0.4 is 4.74 Å². The van der Waals surface area contributed by atoms with E-state index in [-0.39, 0.29) is 0 Å². The molecular weight excluding hydrogens is 272 g/mol. The topological polar surface area (TPSA) is 45.9 Å². The number of ether oxygens (including phenoxy) is 1. The van der Waals surface area contributed by atoms with E-state index >= 15 is 0 Å². The minimum absolute atomic E-state index is 0.459. The van der Waals surface area contributed by atoms with Crippen molar-refractivity contribution < 1.29 is 4.74 Å². The molecular formula is C16H15ClN2O. The van der Waals surface area contributed by atoms with Crippen molar-refractivity contribution in [3.8, 4) is 11.8 Å². The Labute approximate surface area is 123 Å². The lowest BCUT2D eigenvalue weighted by molar-refractivity contribution is 0.285. The van der Waals surface area contributed by atoms with Crippen LogP contribution in [0.5, 0.6) is 5.75 Å². The number of benzene rings is 1. The third-order valence-corrected chi connectivity index (χ3v) is 3.48. The van der Waals surface area contributed by atoms with E-state index in [0.29, 0.717) is 18.1 Å². The molecule has 1 atom stereocenters. The Balaban J connectivity index is 1.98. The molecule has 1 unspecified atom stereocenters. The lowest BCUT2D eigenvalue weighted by Crippen LogP contribution is -2.22. The monoisotopic (exact) mass is 286 g/mol. The van der Waals surface area contributed by atoms with Gasteiger partial charge < -0.3 is 4.74 Å². The van der Waals surface area contributed by atoms with Crippen LogP contribution in [-0.4, -0.2) is 11.6 Å². The third kappa shape index (κ3) is 3.49. The van der Waals surface area contributed by atoms with E-state index in [1.165, 1.54) is 0 Å². The highest BCUT2D eigenvalue weighted by Crippen LogP contribution is 2.26. The van der Waals surface area contributed by atoms with Gasteiger partial charge in [0.2, 0.25) is 0 Å². The minimum atomic E-state index is -0.597. The van der Waals surface area contributed by atoms with Gasteiger partial charge >= 0.3 is 0 Å². The van der Waals surface area contributed by atoms with Crippen molar-refractivity contribution in [1.82, 2.24) is 4.98 Å². The fourth-order valence-electron chi connectivity index (χ4n) is 1.86. The molecule has 0 saturated carbocycles. The first kappa shape index (κ1) is 14.4. The molecule has 1 heterocycles. The fourth-order valence-corrected chi connectivity index (χ4v) is 1.98. The minimum Gasteiger partial charge on any atom is -0.494 e. The maximum absolute atomic E-state index is 9.42. The van der Waals surface area contributed by atoms with Crippen molar-refractivity contribution in [3.63, 3.8) is 0 Å². The van der Waals surface area contributed by atoms with E-state index < -0.39 is 5.41 Å². The highest BCUT2D eigenvalue weighted by Gasteiger charge is 2.26. The van der Waals surface area contributed by atoms with Gasteiger partial charge in [-0.05, 0) is 42.8 Å². The van der Waals surface area contributed by atoms with Crippen LogP contribution in [0.2, 0.25) is 5.02 Å². The van der Waals surface area contributed by atoms with Gasteiger partial charge in [-0.1, -0.05) is 17.7 Å². The summed E-state index contributed by atoms with van der Waals surface area (Å²) in [5.74, 6) is 0.751. The Bertz CT molecular complexity index is 592. The van der Waals surface area contributed by atoms with E-state index in [0.717, 1.165) is 11.3 Å². The summed E-state index contributed by atoms with van der Waals surface area (Å²) >= 11 is 5.82. The maximum atomic E-state index is 9.42. The van der Waals surface area contributed by atoms with E-state index in [9.17, 15) is 5.26 Å². The van der Waals surface area contributed by atoms with E-state index in [4.69, 9.17) is 16.3 Å². The first-order valence-corrected chi connectivity index (χ1v) is 6.72. The van der Waals surface area contributed by atoms with Crippen LogP contribution in [0.1, 0.15) is 18.9 Å². The summed E-state index contributed by atoms with van der Waals surface area (Å²) in [7, 11) is 0. The molecule has 0 saturated heterocycles. The molecule has 0 spiro atoms. The third-order valence-electron chi connectivity index (χ3n) is 3.23. The van der Waals surface area contributed by atoms with Gasteiger partial charge in [0, 0.05) is 23.8 Å². The fraction of sp³-hybridized carbons (Fsp3) is 0.250. The lowest BCUT2D eigenvalue weighted by atomic mass is 9.82. The van der Waals surface area contributed by atoms with Crippen molar-refractivity contribution in [2.24, 2.45) is 0 Å². The maximum Gasteiger partial charge on any atom is 0.119 e. The summed E-state index contributed by atoms with van der Waals surface area (Å²) in [4.78, 5) is 4.07. The summed E-state index contributed by atoms with van der Waals surface area (Å²) < 4.78 is 5.65. The largest absolute Gasteiger partial charge is 0.494 e. The van der Waals surface area contributed by atoms with Crippen LogP contribution in [0.15, 0.2) is 48.8 Å². The van der Waals surface area contributed by atoms with Gasteiger partial charge in [-0.15, -0.1) is 0 Å². The number of hydrogen-bond donors (Lipinski definition) is 0. The summed E-state index contributed by atoms with van der Waals surface area (Å²) in [5.41, 5.74) is 0.308. The first-order chi connectivity index (χ1) is 9.64. The molecule has 0 aliphatic heterocycles. The van der Waals surface area contributed by atoms with Crippen molar-refractivity contribution in [1.29, 1.82) is 5.26 Å². The molecule has 0 aliphatic carbocycles. The lowest BCUT2D eigenvalue weighted by Gasteiger charge is -2.21. The SMILES string of the molecule is CC(C#N)(CCOc1ccc(Cl)cc1)c1cccnc1. The van der Waals surface area contributed by atoms with Crippen molar-refractivity contribution in [2.75, 3.05) is 6.61 Å². The van der Waals surface area contributed by atoms with Crippen LogP contribution in [0, 0.1) is 11.3 Å². The first-order valence-electron chi connectivity index (χ1n) is 6.34. The molecule has 2 rings (SSSR count). The van der Waals surface area contributed by atoms with Crippen LogP contribution in [-0.2, 0) is 5.41 Å². The Hall–Kier alpha value is -2.05. The quantitative estimate of drug-likeness (QED) is 0.835. The Morgan fingerprint density at radius 1 is 1.30 bits per heavy atom. The normalized spacial score (nSPS) is 13.2. The van der Waals surface area contributed by atoms with Gasteiger partial charge in [0.25, 0.3) is 0 Å². The van der Waals surface area contributed by atoms with E-state index in [1.807, 2.05) is 31.2 Å². The average Bonchev–Trinajstić information content (AvgIpc) is 2.50. The Morgan fingerprint density at radius 2 is 2.05 bits per heavy atom. The molecule has 20 heavy (non-hydrogen) atoms. The van der Waals surface area contributed by atoms with Gasteiger partial charge in [0.1, 0.15) is 5.75 Å². The average molecular weight is 287 g/mol. The highest BCUT2D eigenvalue weighted by molar-refractivity contribution is 6.30. The number of nitriles is 1. The second-order valence-electron chi connectivity index (χ2n) is 4.74. The molecule has 4 heteroatoms. The zero-order chi connectivity index (χ0) is 14.4. The predicted octanol–water partition coefficient (Wildman–Crippen LogP) is 3.99.